The highest BCUT2D eigenvalue weighted by Crippen LogP contribution is 2.22. The maximum Gasteiger partial charge on any atom is 0.338 e. The van der Waals surface area contributed by atoms with E-state index in [-0.39, 0.29) is 26.4 Å². The lowest BCUT2D eigenvalue weighted by Crippen LogP contribution is -2.14. The maximum absolute atomic E-state index is 12.2. The second-order valence-corrected chi connectivity index (χ2v) is 8.28. The number of anilines is 2. The third-order valence-corrected chi connectivity index (χ3v) is 5.65. The van der Waals surface area contributed by atoms with Crippen LogP contribution in [0.3, 0.4) is 0 Å². The summed E-state index contributed by atoms with van der Waals surface area (Å²) in [5.74, 6) is -0.859. The van der Waals surface area contributed by atoms with Crippen molar-refractivity contribution in [2.75, 3.05) is 37.9 Å². The highest BCUT2D eigenvalue weighted by molar-refractivity contribution is 5.90. The van der Waals surface area contributed by atoms with Crippen LogP contribution < -0.4 is 11.5 Å². The van der Waals surface area contributed by atoms with E-state index in [1.54, 1.807) is 24.3 Å². The van der Waals surface area contributed by atoms with E-state index in [0.717, 1.165) is 22.3 Å². The van der Waals surface area contributed by atoms with Gasteiger partial charge in [-0.2, -0.15) is 0 Å². The number of hydrogen-bond acceptors (Lipinski definition) is 7. The van der Waals surface area contributed by atoms with Gasteiger partial charge in [0.1, 0.15) is 13.2 Å². The molecule has 0 heterocycles. The van der Waals surface area contributed by atoms with Crippen LogP contribution in [0.15, 0.2) is 97.1 Å². The molecule has 0 bridgehead atoms. The Balaban J connectivity index is 1.12. The Kier molecular flexibility index (Phi) is 8.52. The van der Waals surface area contributed by atoms with Crippen LogP contribution in [0.2, 0.25) is 0 Å². The van der Waals surface area contributed by atoms with Crippen LogP contribution >= 0.6 is 0 Å². The molecule has 0 aromatic heterocycles. The zero-order valence-corrected chi connectivity index (χ0v) is 20.3. The number of esters is 2. The molecule has 0 aliphatic carbocycles. The molecule has 4 rings (SSSR count). The molecule has 188 valence electrons. The molecule has 4 N–H and O–H groups in total. The van der Waals surface area contributed by atoms with E-state index in [2.05, 4.69) is 0 Å². The van der Waals surface area contributed by atoms with Gasteiger partial charge in [-0.05, 0) is 70.8 Å². The summed E-state index contributed by atoms with van der Waals surface area (Å²) in [5, 5.41) is 0. The lowest BCUT2D eigenvalue weighted by atomic mass is 10.0. The topological polar surface area (TPSA) is 114 Å². The lowest BCUT2D eigenvalue weighted by Gasteiger charge is -2.08. The molecule has 0 spiro atoms. The summed E-state index contributed by atoms with van der Waals surface area (Å²) < 4.78 is 15.9. The average Bonchev–Trinajstić information content (AvgIpc) is 2.93. The second-order valence-electron chi connectivity index (χ2n) is 8.28. The number of carbonyl (C=O) groups is 2. The first-order valence-corrected chi connectivity index (χ1v) is 11.8. The van der Waals surface area contributed by atoms with Gasteiger partial charge in [0.2, 0.25) is 0 Å². The van der Waals surface area contributed by atoms with Gasteiger partial charge in [0.05, 0.1) is 24.3 Å². The molecule has 0 saturated carbocycles. The number of hydrogen-bond donors (Lipinski definition) is 2. The van der Waals surface area contributed by atoms with Gasteiger partial charge in [-0.25, -0.2) is 9.59 Å². The molecule has 7 nitrogen and oxygen atoms in total. The summed E-state index contributed by atoms with van der Waals surface area (Å²) in [6, 6.07) is 29.3. The van der Waals surface area contributed by atoms with Gasteiger partial charge < -0.3 is 25.7 Å². The van der Waals surface area contributed by atoms with Crippen LogP contribution in [0.1, 0.15) is 20.7 Å². The minimum absolute atomic E-state index is 0.0963. The molecular formula is C30H28N2O5. The van der Waals surface area contributed by atoms with Crippen LogP contribution in [0.5, 0.6) is 0 Å². The van der Waals surface area contributed by atoms with Gasteiger partial charge >= 0.3 is 11.9 Å². The number of rotatable bonds is 10. The average molecular weight is 497 g/mol. The van der Waals surface area contributed by atoms with Crippen LogP contribution in [-0.2, 0) is 14.2 Å². The fourth-order valence-corrected chi connectivity index (χ4v) is 3.60. The Morgan fingerprint density at radius 2 is 0.757 bits per heavy atom. The minimum atomic E-state index is -0.429. The maximum atomic E-state index is 12.2. The number of nitrogen functional groups attached to an aromatic ring is 2. The highest BCUT2D eigenvalue weighted by Gasteiger charge is 2.09. The number of carbonyl (C=O) groups excluding carboxylic acids is 2. The molecule has 0 radical (unpaired) electrons. The zero-order valence-electron chi connectivity index (χ0n) is 20.3. The second kappa shape index (κ2) is 12.4. The molecule has 0 unspecified atom stereocenters. The van der Waals surface area contributed by atoms with Crippen molar-refractivity contribution in [2.24, 2.45) is 0 Å². The Bertz CT molecular complexity index is 1210. The Labute approximate surface area is 215 Å². The van der Waals surface area contributed by atoms with E-state index >= 15 is 0 Å². The largest absolute Gasteiger partial charge is 0.460 e. The van der Waals surface area contributed by atoms with E-state index in [9.17, 15) is 9.59 Å². The third kappa shape index (κ3) is 7.19. The smallest absolute Gasteiger partial charge is 0.338 e. The van der Waals surface area contributed by atoms with E-state index in [1.165, 1.54) is 0 Å². The normalized spacial score (nSPS) is 10.6. The standard InChI is InChI=1S/C30H28N2O5/c31-27-13-9-23(10-14-27)21-1-5-25(6-2-21)29(33)36-19-17-35-18-20-37-30(34)26-7-3-22(4-8-26)24-11-15-28(32)16-12-24/h1-16H,17-20,31-32H2. The van der Waals surface area contributed by atoms with Gasteiger partial charge in [0.25, 0.3) is 0 Å². The summed E-state index contributed by atoms with van der Waals surface area (Å²) in [7, 11) is 0. The highest BCUT2D eigenvalue weighted by atomic mass is 16.6. The Morgan fingerprint density at radius 1 is 0.459 bits per heavy atom. The number of benzene rings is 4. The monoisotopic (exact) mass is 496 g/mol. The lowest BCUT2D eigenvalue weighted by molar-refractivity contribution is 0.0151. The van der Waals surface area contributed by atoms with Crippen molar-refractivity contribution in [3.63, 3.8) is 0 Å². The van der Waals surface area contributed by atoms with E-state index < -0.39 is 11.9 Å². The molecular weight excluding hydrogens is 468 g/mol. The first kappa shape index (κ1) is 25.5. The first-order valence-electron chi connectivity index (χ1n) is 11.8. The van der Waals surface area contributed by atoms with Crippen LogP contribution in [-0.4, -0.2) is 38.4 Å². The molecule has 37 heavy (non-hydrogen) atoms. The molecule has 0 amide bonds. The van der Waals surface area contributed by atoms with Gasteiger partial charge in [0.15, 0.2) is 0 Å². The summed E-state index contributed by atoms with van der Waals surface area (Å²) in [6.07, 6.45) is 0. The molecule has 0 aliphatic heterocycles. The van der Waals surface area contributed by atoms with E-state index in [4.69, 9.17) is 25.7 Å². The van der Waals surface area contributed by atoms with Crippen molar-refractivity contribution in [3.8, 4) is 22.3 Å². The summed E-state index contributed by atoms with van der Waals surface area (Å²) in [4.78, 5) is 24.5. The molecule has 7 heteroatoms. The van der Waals surface area contributed by atoms with E-state index in [1.807, 2.05) is 72.8 Å². The van der Waals surface area contributed by atoms with Crippen molar-refractivity contribution in [2.45, 2.75) is 0 Å². The summed E-state index contributed by atoms with van der Waals surface area (Å²) >= 11 is 0. The predicted octanol–water partition coefficient (Wildman–Crippen LogP) is 5.22. The molecule has 0 aliphatic rings. The van der Waals surface area contributed by atoms with Crippen LogP contribution in [0.4, 0.5) is 11.4 Å². The Morgan fingerprint density at radius 3 is 1.08 bits per heavy atom. The summed E-state index contributed by atoms with van der Waals surface area (Å²) in [5.41, 5.74) is 17.7. The van der Waals surface area contributed by atoms with Gasteiger partial charge in [-0.1, -0.05) is 48.5 Å². The number of nitrogens with two attached hydrogens (primary N) is 2. The quantitative estimate of drug-likeness (QED) is 0.176. The first-order chi connectivity index (χ1) is 18.0. The SMILES string of the molecule is Nc1ccc(-c2ccc(C(=O)OCCOCCOC(=O)c3ccc(-c4ccc(N)cc4)cc3)cc2)cc1. The molecule has 4 aromatic rings. The predicted molar refractivity (Wildman–Crippen MR) is 144 cm³/mol. The van der Waals surface area contributed by atoms with E-state index in [0.29, 0.717) is 22.5 Å². The Hall–Kier alpha value is -4.62. The van der Waals surface area contributed by atoms with Crippen LogP contribution in [0, 0.1) is 0 Å². The third-order valence-electron chi connectivity index (χ3n) is 5.65. The molecule has 0 atom stereocenters. The fraction of sp³-hybridized carbons (Fsp3) is 0.133. The van der Waals surface area contributed by atoms with Crippen molar-refractivity contribution in [1.29, 1.82) is 0 Å². The number of ether oxygens (including phenoxy) is 3. The molecule has 4 aromatic carbocycles. The fourth-order valence-electron chi connectivity index (χ4n) is 3.60. The molecule has 0 saturated heterocycles. The van der Waals surface area contributed by atoms with Crippen molar-refractivity contribution in [1.82, 2.24) is 0 Å². The molecule has 0 fully saturated rings. The van der Waals surface area contributed by atoms with Crippen molar-refractivity contribution >= 4 is 23.3 Å². The zero-order chi connectivity index (χ0) is 26.0. The van der Waals surface area contributed by atoms with Crippen molar-refractivity contribution < 1.29 is 23.8 Å². The van der Waals surface area contributed by atoms with Crippen LogP contribution in [0.25, 0.3) is 22.3 Å². The van der Waals surface area contributed by atoms with Gasteiger partial charge in [0, 0.05) is 11.4 Å². The summed E-state index contributed by atoms with van der Waals surface area (Å²) in [6.45, 7) is 0.588. The van der Waals surface area contributed by atoms with Crippen molar-refractivity contribution in [3.05, 3.63) is 108 Å². The minimum Gasteiger partial charge on any atom is -0.460 e. The van der Waals surface area contributed by atoms with Gasteiger partial charge in [-0.15, -0.1) is 0 Å². The van der Waals surface area contributed by atoms with Gasteiger partial charge in [-0.3, -0.25) is 0 Å².